The van der Waals surface area contributed by atoms with Crippen LogP contribution in [-0.2, 0) is 0 Å². The van der Waals surface area contributed by atoms with Gasteiger partial charge in [-0.15, -0.1) is 0 Å². The molecule has 0 fully saturated rings. The Morgan fingerprint density at radius 2 is 2.21 bits per heavy atom. The van der Waals surface area contributed by atoms with E-state index in [-0.39, 0.29) is 5.91 Å². The van der Waals surface area contributed by atoms with E-state index in [9.17, 15) is 4.79 Å². The van der Waals surface area contributed by atoms with Gasteiger partial charge in [0.2, 0.25) is 0 Å². The molecule has 1 aromatic heterocycles. The van der Waals surface area contributed by atoms with Crippen LogP contribution in [0.4, 0.5) is 5.69 Å². The summed E-state index contributed by atoms with van der Waals surface area (Å²) >= 11 is 0. The zero-order valence-electron chi connectivity index (χ0n) is 11.9. The van der Waals surface area contributed by atoms with Crippen molar-refractivity contribution in [3.63, 3.8) is 0 Å². The molecule has 1 aromatic rings. The molecule has 0 aromatic carbocycles. The van der Waals surface area contributed by atoms with E-state index in [2.05, 4.69) is 29.5 Å². The van der Waals surface area contributed by atoms with Gasteiger partial charge in [0.25, 0.3) is 5.91 Å². The minimum Gasteiger partial charge on any atom is -0.382 e. The maximum Gasteiger partial charge on any atom is 0.269 e. The number of nitrogens with two attached hydrogens (primary N) is 1. The summed E-state index contributed by atoms with van der Waals surface area (Å²) in [6.07, 6.45) is 2.54. The summed E-state index contributed by atoms with van der Waals surface area (Å²) in [5.74, 6) is 0.329. The normalized spacial score (nSPS) is 12.3. The zero-order valence-corrected chi connectivity index (χ0v) is 11.9. The molecule has 5 nitrogen and oxygen atoms in total. The molecular weight excluding hydrogens is 240 g/mol. The van der Waals surface area contributed by atoms with Crippen LogP contribution >= 0.6 is 0 Å². The third-order valence-corrected chi connectivity index (χ3v) is 2.96. The van der Waals surface area contributed by atoms with Gasteiger partial charge < -0.3 is 16.4 Å². The van der Waals surface area contributed by atoms with Crippen LogP contribution in [0.3, 0.4) is 0 Å². The predicted molar refractivity (Wildman–Crippen MR) is 78.2 cm³/mol. The largest absolute Gasteiger partial charge is 0.382 e. The molecule has 1 amide bonds. The molecule has 0 aliphatic carbocycles. The molecular formula is C14H24N4O. The molecule has 0 saturated heterocycles. The number of rotatable bonds is 7. The molecule has 0 spiro atoms. The molecule has 5 heteroatoms. The zero-order chi connectivity index (χ0) is 14.3. The van der Waals surface area contributed by atoms with Crippen molar-refractivity contribution in [3.8, 4) is 0 Å². The van der Waals surface area contributed by atoms with E-state index in [1.165, 1.54) is 0 Å². The first kappa shape index (κ1) is 15.4. The van der Waals surface area contributed by atoms with Crippen molar-refractivity contribution in [2.24, 2.45) is 11.7 Å². The van der Waals surface area contributed by atoms with Gasteiger partial charge in [0.1, 0.15) is 5.69 Å². The first-order valence-electron chi connectivity index (χ1n) is 6.79. The molecule has 0 aliphatic heterocycles. The van der Waals surface area contributed by atoms with Gasteiger partial charge in [-0.3, -0.25) is 9.78 Å². The van der Waals surface area contributed by atoms with E-state index in [4.69, 9.17) is 5.73 Å². The first-order valence-corrected chi connectivity index (χ1v) is 6.79. The van der Waals surface area contributed by atoms with Crippen LogP contribution in [-0.4, -0.2) is 30.0 Å². The Labute approximate surface area is 115 Å². The van der Waals surface area contributed by atoms with E-state index in [0.717, 1.165) is 12.1 Å². The summed E-state index contributed by atoms with van der Waals surface area (Å²) in [6, 6.07) is 3.94. The standard InChI is InChI=1S/C14H24N4O/c1-4-16-14(19)13-9-11(6-8-17-13)18-12(5-7-15)10(2)3/h6,8-10,12H,4-5,7,15H2,1-3H3,(H,16,19)(H,17,18). The number of hydrogen-bond acceptors (Lipinski definition) is 4. The van der Waals surface area contributed by atoms with Crippen molar-refractivity contribution in [3.05, 3.63) is 24.0 Å². The van der Waals surface area contributed by atoms with Crippen molar-refractivity contribution in [1.82, 2.24) is 10.3 Å². The molecule has 0 saturated carbocycles. The lowest BCUT2D eigenvalue weighted by Gasteiger charge is -2.23. The van der Waals surface area contributed by atoms with E-state index < -0.39 is 0 Å². The van der Waals surface area contributed by atoms with Crippen LogP contribution in [0.15, 0.2) is 18.3 Å². The summed E-state index contributed by atoms with van der Waals surface area (Å²) in [5.41, 5.74) is 6.96. The maximum atomic E-state index is 11.7. The number of amides is 1. The number of anilines is 1. The van der Waals surface area contributed by atoms with Crippen LogP contribution < -0.4 is 16.4 Å². The highest BCUT2D eigenvalue weighted by Crippen LogP contribution is 2.15. The van der Waals surface area contributed by atoms with Gasteiger partial charge in [0.15, 0.2) is 0 Å². The third kappa shape index (κ3) is 4.87. The summed E-state index contributed by atoms with van der Waals surface area (Å²) in [4.78, 5) is 15.8. The van der Waals surface area contributed by atoms with Crippen LogP contribution in [0, 0.1) is 5.92 Å². The van der Waals surface area contributed by atoms with Crippen molar-refractivity contribution in [2.45, 2.75) is 33.2 Å². The fourth-order valence-electron chi connectivity index (χ4n) is 1.86. The predicted octanol–water partition coefficient (Wildman–Crippen LogP) is 1.62. The molecule has 19 heavy (non-hydrogen) atoms. The lowest BCUT2D eigenvalue weighted by molar-refractivity contribution is 0.0951. The molecule has 1 atom stereocenters. The molecule has 4 N–H and O–H groups in total. The van der Waals surface area contributed by atoms with Gasteiger partial charge in [-0.25, -0.2) is 0 Å². The van der Waals surface area contributed by atoms with Crippen molar-refractivity contribution >= 4 is 11.6 Å². The van der Waals surface area contributed by atoms with Crippen molar-refractivity contribution < 1.29 is 4.79 Å². The van der Waals surface area contributed by atoms with Gasteiger partial charge in [-0.05, 0) is 37.9 Å². The molecule has 1 rings (SSSR count). The Morgan fingerprint density at radius 3 is 2.79 bits per heavy atom. The third-order valence-electron chi connectivity index (χ3n) is 2.96. The van der Waals surface area contributed by atoms with E-state index in [1.807, 2.05) is 13.0 Å². The minimum atomic E-state index is -0.147. The number of carbonyl (C=O) groups excluding carboxylic acids is 1. The summed E-state index contributed by atoms with van der Waals surface area (Å²) < 4.78 is 0. The lowest BCUT2D eigenvalue weighted by Crippen LogP contribution is -2.29. The highest BCUT2D eigenvalue weighted by molar-refractivity contribution is 5.93. The van der Waals surface area contributed by atoms with Gasteiger partial charge in [0.05, 0.1) is 0 Å². The maximum absolute atomic E-state index is 11.7. The minimum absolute atomic E-state index is 0.147. The summed E-state index contributed by atoms with van der Waals surface area (Å²) in [7, 11) is 0. The Morgan fingerprint density at radius 1 is 1.47 bits per heavy atom. The van der Waals surface area contributed by atoms with E-state index >= 15 is 0 Å². The second-order valence-corrected chi connectivity index (χ2v) is 4.86. The van der Waals surface area contributed by atoms with E-state index in [0.29, 0.717) is 30.7 Å². The van der Waals surface area contributed by atoms with Crippen molar-refractivity contribution in [2.75, 3.05) is 18.4 Å². The first-order chi connectivity index (χ1) is 9.08. The number of carbonyl (C=O) groups is 1. The Bertz CT molecular complexity index is 406. The second-order valence-electron chi connectivity index (χ2n) is 4.86. The molecule has 0 radical (unpaired) electrons. The molecule has 106 valence electrons. The second kappa shape index (κ2) is 7.74. The monoisotopic (exact) mass is 264 g/mol. The quantitative estimate of drug-likeness (QED) is 0.699. The van der Waals surface area contributed by atoms with Gasteiger partial charge in [0, 0.05) is 24.5 Å². The van der Waals surface area contributed by atoms with Crippen LogP contribution in [0.5, 0.6) is 0 Å². The van der Waals surface area contributed by atoms with Gasteiger partial charge >= 0.3 is 0 Å². The smallest absolute Gasteiger partial charge is 0.269 e. The fraction of sp³-hybridized carbons (Fsp3) is 0.571. The Hall–Kier alpha value is -1.62. The topological polar surface area (TPSA) is 80.0 Å². The number of pyridine rings is 1. The van der Waals surface area contributed by atoms with Crippen LogP contribution in [0.25, 0.3) is 0 Å². The average molecular weight is 264 g/mol. The van der Waals surface area contributed by atoms with Crippen molar-refractivity contribution in [1.29, 1.82) is 0 Å². The molecule has 0 bridgehead atoms. The lowest BCUT2D eigenvalue weighted by atomic mass is 10.0. The van der Waals surface area contributed by atoms with E-state index in [1.54, 1.807) is 12.3 Å². The van der Waals surface area contributed by atoms with Gasteiger partial charge in [-0.1, -0.05) is 13.8 Å². The summed E-state index contributed by atoms with van der Waals surface area (Å²) in [6.45, 7) is 7.43. The SMILES string of the molecule is CCNC(=O)c1cc(NC(CCN)C(C)C)ccn1. The summed E-state index contributed by atoms with van der Waals surface area (Å²) in [5, 5.41) is 6.16. The van der Waals surface area contributed by atoms with Crippen LogP contribution in [0.2, 0.25) is 0 Å². The average Bonchev–Trinajstić information content (AvgIpc) is 2.39. The fourth-order valence-corrected chi connectivity index (χ4v) is 1.86. The number of nitrogens with zero attached hydrogens (tertiary/aromatic N) is 1. The Kier molecular flexibility index (Phi) is 6.29. The molecule has 0 aliphatic rings. The molecule has 1 heterocycles. The highest BCUT2D eigenvalue weighted by atomic mass is 16.1. The number of nitrogens with one attached hydrogen (secondary N) is 2. The highest BCUT2D eigenvalue weighted by Gasteiger charge is 2.13. The Balaban J connectivity index is 2.78. The van der Waals surface area contributed by atoms with Crippen LogP contribution in [0.1, 0.15) is 37.7 Å². The number of hydrogen-bond donors (Lipinski definition) is 3. The number of aromatic nitrogens is 1. The molecule has 1 unspecified atom stereocenters. The van der Waals surface area contributed by atoms with Gasteiger partial charge in [-0.2, -0.15) is 0 Å².